The molecule has 2 aromatic heterocycles. The summed E-state index contributed by atoms with van der Waals surface area (Å²) in [5.41, 5.74) is 13.0. The van der Waals surface area contributed by atoms with Gasteiger partial charge in [0.1, 0.15) is 11.5 Å². The van der Waals surface area contributed by atoms with E-state index in [1.54, 1.807) is 11.3 Å². The maximum absolute atomic E-state index is 6.67. The van der Waals surface area contributed by atoms with Crippen LogP contribution in [0, 0.1) is 0 Å². The van der Waals surface area contributed by atoms with Gasteiger partial charge in [0.2, 0.25) is 0 Å². The molecule has 10 aromatic rings. The zero-order valence-corrected chi connectivity index (χ0v) is 30.3. The van der Waals surface area contributed by atoms with Crippen LogP contribution >= 0.6 is 11.3 Å². The highest BCUT2D eigenvalue weighted by molar-refractivity contribution is 7.26. The highest BCUT2D eigenvalue weighted by Crippen LogP contribution is 2.63. The monoisotopic (exact) mass is 718 g/mol. The van der Waals surface area contributed by atoms with E-state index in [1.807, 2.05) is 0 Å². The molecule has 3 heterocycles. The van der Waals surface area contributed by atoms with E-state index in [4.69, 9.17) is 14.7 Å². The molecule has 0 unspecified atom stereocenters. The molecule has 55 heavy (non-hydrogen) atoms. The topological polar surface area (TPSA) is 35.0 Å². The second-order valence-electron chi connectivity index (χ2n) is 14.5. The smallest absolute Gasteiger partial charge is 0.160 e. The number of thiophene rings is 1. The third-order valence-corrected chi connectivity index (χ3v) is 12.7. The molecule has 0 amide bonds. The van der Waals surface area contributed by atoms with Gasteiger partial charge in [-0.15, -0.1) is 11.3 Å². The minimum Gasteiger partial charge on any atom is -0.457 e. The fraction of sp³-hybridized carbons (Fsp3) is 0.0196. The van der Waals surface area contributed by atoms with E-state index in [0.29, 0.717) is 0 Å². The largest absolute Gasteiger partial charge is 0.457 e. The van der Waals surface area contributed by atoms with Gasteiger partial charge in [-0.05, 0) is 80.6 Å². The Morgan fingerprint density at radius 1 is 0.436 bits per heavy atom. The average molecular weight is 719 g/mol. The van der Waals surface area contributed by atoms with E-state index in [0.717, 1.165) is 60.9 Å². The summed E-state index contributed by atoms with van der Waals surface area (Å²) in [5, 5.41) is 3.60. The molecule has 0 saturated carbocycles. The van der Waals surface area contributed by atoms with Crippen molar-refractivity contribution in [2.24, 2.45) is 0 Å². The van der Waals surface area contributed by atoms with Gasteiger partial charge in [-0.3, -0.25) is 0 Å². The Bertz CT molecular complexity index is 3140. The molecule has 1 aliphatic heterocycles. The first-order valence-electron chi connectivity index (χ1n) is 18.6. The van der Waals surface area contributed by atoms with Crippen LogP contribution in [0.3, 0.4) is 0 Å². The van der Waals surface area contributed by atoms with E-state index in [-0.39, 0.29) is 0 Å². The van der Waals surface area contributed by atoms with Crippen LogP contribution in [0.1, 0.15) is 22.3 Å². The number of hydrogen-bond donors (Lipinski definition) is 0. The van der Waals surface area contributed by atoms with Crippen molar-refractivity contribution in [2.45, 2.75) is 5.41 Å². The SMILES string of the molecule is c1ccc(-c2ccc(-c3nc(-c4ccc5c(c4)C4(c6ccccc6Oc6ccccc64)c4cc6ccccc6cc4-5)c4sc5ccccc5c4n3)cc2)cc1. The van der Waals surface area contributed by atoms with Gasteiger partial charge in [-0.2, -0.15) is 0 Å². The molecule has 12 rings (SSSR count). The molecule has 2 aliphatic rings. The van der Waals surface area contributed by atoms with Gasteiger partial charge in [0.15, 0.2) is 5.82 Å². The number of rotatable bonds is 3. The summed E-state index contributed by atoms with van der Waals surface area (Å²) in [6.07, 6.45) is 0. The molecule has 0 fully saturated rings. The summed E-state index contributed by atoms with van der Waals surface area (Å²) in [6.45, 7) is 0. The van der Waals surface area contributed by atoms with Gasteiger partial charge in [0.25, 0.3) is 0 Å². The predicted molar refractivity (Wildman–Crippen MR) is 226 cm³/mol. The Morgan fingerprint density at radius 2 is 1.04 bits per heavy atom. The van der Waals surface area contributed by atoms with Crippen molar-refractivity contribution in [2.75, 3.05) is 0 Å². The molecule has 256 valence electrons. The second kappa shape index (κ2) is 11.6. The number of hydrogen-bond acceptors (Lipinski definition) is 4. The third kappa shape index (κ3) is 4.37. The zero-order chi connectivity index (χ0) is 36.1. The number of fused-ring (bicyclic) bond motifs is 13. The summed E-state index contributed by atoms with van der Waals surface area (Å²) < 4.78 is 8.96. The van der Waals surface area contributed by atoms with E-state index in [2.05, 4.69) is 182 Å². The normalized spacial score (nSPS) is 13.4. The van der Waals surface area contributed by atoms with Crippen molar-refractivity contribution in [1.29, 1.82) is 0 Å². The molecule has 1 spiro atoms. The highest BCUT2D eigenvalue weighted by atomic mass is 32.1. The van der Waals surface area contributed by atoms with Gasteiger partial charge >= 0.3 is 0 Å². The molecular formula is C51H30N2OS. The lowest BCUT2D eigenvalue weighted by Gasteiger charge is -2.39. The quantitative estimate of drug-likeness (QED) is 0.182. The highest BCUT2D eigenvalue weighted by Gasteiger charge is 2.51. The molecule has 3 nitrogen and oxygen atoms in total. The first kappa shape index (κ1) is 30.6. The van der Waals surface area contributed by atoms with E-state index in [9.17, 15) is 0 Å². The molecule has 0 bridgehead atoms. The van der Waals surface area contributed by atoms with Crippen LogP contribution in [0.25, 0.3) is 76.0 Å². The Morgan fingerprint density at radius 3 is 1.82 bits per heavy atom. The average Bonchev–Trinajstić information content (AvgIpc) is 3.76. The first-order valence-corrected chi connectivity index (χ1v) is 19.5. The Labute approximate surface area is 321 Å². The van der Waals surface area contributed by atoms with Crippen molar-refractivity contribution in [1.82, 2.24) is 9.97 Å². The standard InChI is InChI=1S/C51H30N2OS/c1-2-12-31(13-3-1)32-22-24-33(25-23-32)50-52-47(49-48(53-50)38-16-6-11-21-46(38)55-49)36-26-27-37-39-28-34-14-4-5-15-35(34)29-43(39)51(42(37)30-36)40-17-7-9-19-44(40)54-45-20-10-8-18-41(45)51/h1-30H. The fourth-order valence-corrected chi connectivity index (χ4v) is 10.2. The number of para-hydroxylation sites is 2. The van der Waals surface area contributed by atoms with Crippen molar-refractivity contribution in [3.63, 3.8) is 0 Å². The maximum Gasteiger partial charge on any atom is 0.160 e. The lowest BCUT2D eigenvalue weighted by atomic mass is 9.65. The van der Waals surface area contributed by atoms with Gasteiger partial charge in [-0.1, -0.05) is 146 Å². The third-order valence-electron chi connectivity index (χ3n) is 11.5. The Hall–Kier alpha value is -6.88. The Kier molecular flexibility index (Phi) is 6.42. The molecule has 0 saturated heterocycles. The summed E-state index contributed by atoms with van der Waals surface area (Å²) in [7, 11) is 0. The lowest BCUT2D eigenvalue weighted by Crippen LogP contribution is -2.32. The van der Waals surface area contributed by atoms with Crippen LogP contribution in [0.5, 0.6) is 11.5 Å². The molecule has 0 N–H and O–H groups in total. The van der Waals surface area contributed by atoms with Crippen molar-refractivity contribution >= 4 is 42.4 Å². The van der Waals surface area contributed by atoms with Crippen molar-refractivity contribution < 1.29 is 4.74 Å². The summed E-state index contributed by atoms with van der Waals surface area (Å²) in [4.78, 5) is 10.7. The summed E-state index contributed by atoms with van der Waals surface area (Å²) in [5.74, 6) is 2.49. The van der Waals surface area contributed by atoms with E-state index >= 15 is 0 Å². The fourth-order valence-electron chi connectivity index (χ4n) is 9.09. The number of ether oxygens (including phenoxy) is 1. The van der Waals surface area contributed by atoms with Crippen LogP contribution in [-0.4, -0.2) is 9.97 Å². The van der Waals surface area contributed by atoms with Crippen LogP contribution in [0.15, 0.2) is 182 Å². The van der Waals surface area contributed by atoms with Crippen molar-refractivity contribution in [3.05, 3.63) is 204 Å². The molecule has 0 radical (unpaired) electrons. The number of aromatic nitrogens is 2. The number of nitrogens with zero attached hydrogens (tertiary/aromatic N) is 2. The van der Waals surface area contributed by atoms with Gasteiger partial charge < -0.3 is 4.74 Å². The van der Waals surface area contributed by atoms with E-state index in [1.165, 1.54) is 48.9 Å². The second-order valence-corrected chi connectivity index (χ2v) is 15.5. The van der Waals surface area contributed by atoms with Crippen LogP contribution < -0.4 is 4.74 Å². The van der Waals surface area contributed by atoms with Crippen LogP contribution in [-0.2, 0) is 5.41 Å². The van der Waals surface area contributed by atoms with Crippen LogP contribution in [0.2, 0.25) is 0 Å². The molecule has 4 heteroatoms. The predicted octanol–water partition coefficient (Wildman–Crippen LogP) is 13.5. The minimum atomic E-state index is -0.599. The maximum atomic E-state index is 6.67. The summed E-state index contributed by atoms with van der Waals surface area (Å²) in [6, 6.07) is 65.3. The Balaban J connectivity index is 1.14. The van der Waals surface area contributed by atoms with Gasteiger partial charge in [-0.25, -0.2) is 9.97 Å². The van der Waals surface area contributed by atoms with Gasteiger partial charge in [0.05, 0.1) is 21.3 Å². The minimum absolute atomic E-state index is 0.599. The first-order chi connectivity index (χ1) is 27.2. The number of benzene rings is 8. The van der Waals surface area contributed by atoms with Crippen molar-refractivity contribution in [3.8, 4) is 56.4 Å². The molecule has 1 aliphatic carbocycles. The zero-order valence-electron chi connectivity index (χ0n) is 29.5. The summed E-state index contributed by atoms with van der Waals surface area (Å²) >= 11 is 1.77. The molecule has 8 aromatic carbocycles. The molecule has 0 atom stereocenters. The molecular weight excluding hydrogens is 689 g/mol. The lowest BCUT2D eigenvalue weighted by molar-refractivity contribution is 0.436. The van der Waals surface area contributed by atoms with Crippen LogP contribution in [0.4, 0.5) is 0 Å². The van der Waals surface area contributed by atoms with Gasteiger partial charge in [0, 0.05) is 32.3 Å². The van der Waals surface area contributed by atoms with E-state index < -0.39 is 5.41 Å².